The first-order valence-corrected chi connectivity index (χ1v) is 12.3. The van der Waals surface area contributed by atoms with Crippen molar-refractivity contribution in [3.8, 4) is 0 Å². The second kappa shape index (κ2) is 9.32. The van der Waals surface area contributed by atoms with E-state index in [-0.39, 0.29) is 5.91 Å². The number of hydrogen-bond donors (Lipinski definition) is 0. The molecule has 0 aliphatic carbocycles. The smallest absolute Gasteiger partial charge is 0.417 e. The van der Waals surface area contributed by atoms with E-state index in [0.29, 0.717) is 6.61 Å². The molecule has 0 unspecified atom stereocenters. The maximum absolute atomic E-state index is 12.8. The zero-order chi connectivity index (χ0) is 19.2. The summed E-state index contributed by atoms with van der Waals surface area (Å²) < 4.78 is 11.7. The molecule has 2 rings (SSSR count). The summed E-state index contributed by atoms with van der Waals surface area (Å²) in [6.45, 7) is 8.78. The van der Waals surface area contributed by atoms with Crippen LogP contribution in [-0.2, 0) is 14.0 Å². The van der Waals surface area contributed by atoms with Gasteiger partial charge in [-0.05, 0) is 30.1 Å². The van der Waals surface area contributed by atoms with Crippen molar-refractivity contribution in [3.05, 3.63) is 35.9 Å². The first-order chi connectivity index (χ1) is 12.5. The molecule has 0 N–H and O–H groups in total. The van der Waals surface area contributed by atoms with Crippen LogP contribution in [0.3, 0.4) is 0 Å². The van der Waals surface area contributed by atoms with Crippen molar-refractivity contribution < 1.29 is 18.8 Å². The maximum Gasteiger partial charge on any atom is 0.417 e. The molecule has 1 aromatic carbocycles. The summed E-state index contributed by atoms with van der Waals surface area (Å²) in [5.74, 6) is -0.271. The number of likely N-dealkylation sites (tertiary alicyclic amines) is 1. The molecule has 1 fully saturated rings. The first kappa shape index (κ1) is 20.6. The van der Waals surface area contributed by atoms with Crippen LogP contribution >= 0.6 is 0 Å². The van der Waals surface area contributed by atoms with E-state index in [2.05, 4.69) is 20.8 Å². The molecule has 0 saturated carbocycles. The van der Waals surface area contributed by atoms with Crippen LogP contribution in [-0.4, -0.2) is 37.9 Å². The molecule has 1 aliphatic heterocycles. The number of rotatable bonds is 9. The molecule has 5 nitrogen and oxygen atoms in total. The molecule has 0 aromatic heterocycles. The van der Waals surface area contributed by atoms with E-state index in [9.17, 15) is 9.59 Å². The van der Waals surface area contributed by atoms with E-state index >= 15 is 0 Å². The van der Waals surface area contributed by atoms with Gasteiger partial charge in [-0.2, -0.15) is 0 Å². The van der Waals surface area contributed by atoms with Crippen LogP contribution in [0.15, 0.2) is 30.3 Å². The molecule has 144 valence electrons. The maximum atomic E-state index is 12.8. The number of β-lactam (4-membered cyclic amide) rings is 1. The Morgan fingerprint density at radius 3 is 2.23 bits per heavy atom. The minimum Gasteiger partial charge on any atom is -0.449 e. The fraction of sp³-hybridized carbons (Fsp3) is 0.600. The molecule has 2 amide bonds. The Bertz CT molecular complexity index is 595. The average Bonchev–Trinajstić information content (AvgIpc) is 2.68. The van der Waals surface area contributed by atoms with Gasteiger partial charge in [0.2, 0.25) is 0 Å². The molecule has 1 heterocycles. The topological polar surface area (TPSA) is 55.8 Å². The van der Waals surface area contributed by atoms with Gasteiger partial charge in [0.15, 0.2) is 14.4 Å². The van der Waals surface area contributed by atoms with E-state index in [1.54, 1.807) is 0 Å². The van der Waals surface area contributed by atoms with Crippen LogP contribution in [0.5, 0.6) is 0 Å². The van der Waals surface area contributed by atoms with Gasteiger partial charge in [0.1, 0.15) is 6.04 Å². The third kappa shape index (κ3) is 4.18. The Labute approximate surface area is 157 Å². The fourth-order valence-corrected chi connectivity index (χ4v) is 6.17. The van der Waals surface area contributed by atoms with Crippen molar-refractivity contribution in [2.75, 3.05) is 6.61 Å². The molecule has 26 heavy (non-hydrogen) atoms. The fourth-order valence-electron chi connectivity index (χ4n) is 3.40. The van der Waals surface area contributed by atoms with E-state index in [1.807, 2.05) is 37.3 Å². The van der Waals surface area contributed by atoms with Crippen LogP contribution in [0.25, 0.3) is 0 Å². The molecule has 0 spiro atoms. The Morgan fingerprint density at radius 2 is 1.69 bits per heavy atom. The van der Waals surface area contributed by atoms with Crippen molar-refractivity contribution in [3.63, 3.8) is 0 Å². The Balaban J connectivity index is 2.23. The normalized spacial score (nSPS) is 20.0. The number of benzene rings is 1. The summed E-state index contributed by atoms with van der Waals surface area (Å²) in [5, 5.41) is 0. The van der Waals surface area contributed by atoms with Crippen LogP contribution in [0.1, 0.15) is 52.1 Å². The van der Waals surface area contributed by atoms with Crippen molar-refractivity contribution >= 4 is 20.3 Å². The zero-order valence-electron chi connectivity index (χ0n) is 16.4. The highest BCUT2D eigenvalue weighted by Gasteiger charge is 2.55. The standard InChI is InChI=1S/C20H31NO4Si/c1-5-9-15-24-20(23)21-17(16-13-11-10-12-14-16)18(19(21)22)25-26(6-2,7-3)8-4/h10-14,17-18H,5-9,15H2,1-4H3/t17-,18+/m1/s1. The van der Waals surface area contributed by atoms with E-state index in [1.165, 1.54) is 4.90 Å². The van der Waals surface area contributed by atoms with Gasteiger partial charge in [0.25, 0.3) is 5.91 Å². The number of imide groups is 1. The molecule has 6 heteroatoms. The lowest BCUT2D eigenvalue weighted by molar-refractivity contribution is -0.160. The highest BCUT2D eigenvalue weighted by Crippen LogP contribution is 2.40. The van der Waals surface area contributed by atoms with E-state index in [0.717, 1.165) is 36.5 Å². The molecule has 1 aliphatic rings. The largest absolute Gasteiger partial charge is 0.449 e. The molecule has 1 aromatic rings. The predicted molar refractivity (Wildman–Crippen MR) is 104 cm³/mol. The summed E-state index contributed by atoms with van der Waals surface area (Å²) in [7, 11) is -1.96. The molecule has 0 radical (unpaired) electrons. The molecular formula is C20H31NO4Si. The van der Waals surface area contributed by atoms with Gasteiger partial charge in [0.05, 0.1) is 6.61 Å². The molecule has 0 bridgehead atoms. The van der Waals surface area contributed by atoms with Gasteiger partial charge < -0.3 is 9.16 Å². The van der Waals surface area contributed by atoms with Crippen LogP contribution < -0.4 is 0 Å². The lowest BCUT2D eigenvalue weighted by atomic mass is 9.91. The number of amides is 2. The number of unbranched alkanes of at least 4 members (excludes halogenated alkanes) is 1. The number of nitrogens with zero attached hydrogens (tertiary/aromatic N) is 1. The Hall–Kier alpha value is -1.66. The van der Waals surface area contributed by atoms with E-state index < -0.39 is 26.6 Å². The van der Waals surface area contributed by atoms with Gasteiger partial charge >= 0.3 is 6.09 Å². The molecular weight excluding hydrogens is 346 g/mol. The first-order valence-electron chi connectivity index (χ1n) is 9.76. The minimum absolute atomic E-state index is 0.271. The van der Waals surface area contributed by atoms with Crippen LogP contribution in [0, 0.1) is 0 Å². The number of ether oxygens (including phenoxy) is 1. The van der Waals surface area contributed by atoms with Gasteiger partial charge in [-0.25, -0.2) is 9.69 Å². The molecule has 1 saturated heterocycles. The van der Waals surface area contributed by atoms with E-state index in [4.69, 9.17) is 9.16 Å². The summed E-state index contributed by atoms with van der Waals surface area (Å²) in [5.41, 5.74) is 0.913. The Kier molecular flexibility index (Phi) is 7.40. The summed E-state index contributed by atoms with van der Waals surface area (Å²) in [6.07, 6.45) is 0.588. The number of hydrogen-bond acceptors (Lipinski definition) is 4. The van der Waals surface area contributed by atoms with Gasteiger partial charge in [-0.15, -0.1) is 0 Å². The quantitative estimate of drug-likeness (QED) is 0.349. The molecule has 2 atom stereocenters. The zero-order valence-corrected chi connectivity index (χ0v) is 17.4. The highest BCUT2D eigenvalue weighted by atomic mass is 28.4. The van der Waals surface area contributed by atoms with Gasteiger partial charge in [-0.1, -0.05) is 64.4 Å². The van der Waals surface area contributed by atoms with Gasteiger partial charge in [0, 0.05) is 0 Å². The summed E-state index contributed by atoms with van der Waals surface area (Å²) >= 11 is 0. The SMILES string of the molecule is CCCCOC(=O)N1C(=O)[C@@H](O[Si](CC)(CC)CC)[C@H]1c1ccccc1. The third-order valence-corrected chi connectivity index (χ3v) is 10.0. The lowest BCUT2D eigenvalue weighted by Crippen LogP contribution is -2.64. The second-order valence-electron chi connectivity index (χ2n) is 6.81. The monoisotopic (exact) mass is 377 g/mol. The predicted octanol–water partition coefficient (Wildman–Crippen LogP) is 4.90. The summed E-state index contributed by atoms with van der Waals surface area (Å²) in [6, 6.07) is 12.1. The highest BCUT2D eigenvalue weighted by molar-refractivity contribution is 6.73. The van der Waals surface area contributed by atoms with Crippen molar-refractivity contribution in [2.45, 2.75) is 70.8 Å². The van der Waals surface area contributed by atoms with Crippen molar-refractivity contribution in [1.82, 2.24) is 4.90 Å². The lowest BCUT2D eigenvalue weighted by Gasteiger charge is -2.48. The summed E-state index contributed by atoms with van der Waals surface area (Å²) in [4.78, 5) is 26.5. The number of carbonyl (C=O) groups excluding carboxylic acids is 2. The van der Waals surface area contributed by atoms with Crippen LogP contribution in [0.4, 0.5) is 4.79 Å². The van der Waals surface area contributed by atoms with Crippen molar-refractivity contribution in [2.24, 2.45) is 0 Å². The second-order valence-corrected chi connectivity index (χ2v) is 11.5. The third-order valence-electron chi connectivity index (χ3n) is 5.42. The van der Waals surface area contributed by atoms with Crippen LogP contribution in [0.2, 0.25) is 18.1 Å². The number of carbonyl (C=O) groups is 2. The van der Waals surface area contributed by atoms with Gasteiger partial charge in [-0.3, -0.25) is 4.79 Å². The van der Waals surface area contributed by atoms with Crippen molar-refractivity contribution in [1.29, 1.82) is 0 Å². The average molecular weight is 378 g/mol. The minimum atomic E-state index is -1.96. The Morgan fingerprint density at radius 1 is 1.08 bits per heavy atom.